The number of carbonyl (C=O) groups is 1. The summed E-state index contributed by atoms with van der Waals surface area (Å²) in [4.78, 5) is 10.5. The summed E-state index contributed by atoms with van der Waals surface area (Å²) in [7, 11) is 4.30. The highest BCUT2D eigenvalue weighted by Crippen LogP contribution is 2.13. The Labute approximate surface area is 62.7 Å². The fourth-order valence-electron chi connectivity index (χ4n) is 0.307. The van der Waals surface area contributed by atoms with Crippen LogP contribution in [0.4, 0.5) is 0 Å². The first-order chi connectivity index (χ1) is 4.31. The van der Waals surface area contributed by atoms with Gasteiger partial charge < -0.3 is 5.32 Å². The van der Waals surface area contributed by atoms with E-state index in [2.05, 4.69) is 5.32 Å². The van der Waals surface area contributed by atoms with Crippen LogP contribution >= 0.6 is 21.8 Å². The molecule has 0 aliphatic rings. The predicted octanol–water partition coefficient (Wildman–Crippen LogP) is 0.378. The summed E-state index contributed by atoms with van der Waals surface area (Å²) < 4.78 is 0. The van der Waals surface area contributed by atoms with Gasteiger partial charge in [-0.3, -0.25) is 9.93 Å². The van der Waals surface area contributed by atoms with E-state index in [0.29, 0.717) is 6.42 Å². The largest absolute Gasteiger partial charge is 0.359 e. The van der Waals surface area contributed by atoms with Crippen molar-refractivity contribution < 1.29 is 4.79 Å². The second-order valence-electron chi connectivity index (χ2n) is 1.34. The number of nitrogens with two attached hydrogens (primary N) is 1. The van der Waals surface area contributed by atoms with Crippen molar-refractivity contribution in [3.05, 3.63) is 0 Å². The van der Waals surface area contributed by atoms with Gasteiger partial charge in [-0.1, -0.05) is 10.8 Å². The summed E-state index contributed by atoms with van der Waals surface area (Å²) in [5.41, 5.74) is 0. The Kier molecular flexibility index (Phi) is 6.34. The van der Waals surface area contributed by atoms with Crippen molar-refractivity contribution in [2.24, 2.45) is 5.14 Å². The van der Waals surface area contributed by atoms with E-state index in [1.165, 1.54) is 21.8 Å². The van der Waals surface area contributed by atoms with Gasteiger partial charge in [-0.05, 0) is 11.0 Å². The van der Waals surface area contributed by atoms with E-state index in [0.717, 1.165) is 5.75 Å². The number of hydrogen-bond acceptors (Lipinski definition) is 4. The highest BCUT2D eigenvalue weighted by atomic mass is 33.1. The topological polar surface area (TPSA) is 55.1 Å². The molecule has 0 aliphatic carbocycles. The number of amides is 1. The lowest BCUT2D eigenvalue weighted by molar-refractivity contribution is -0.120. The van der Waals surface area contributed by atoms with E-state index in [1.54, 1.807) is 7.05 Å². The maximum atomic E-state index is 10.5. The van der Waals surface area contributed by atoms with Crippen molar-refractivity contribution in [1.29, 1.82) is 0 Å². The fraction of sp³-hybridized carbons (Fsp3) is 0.750. The van der Waals surface area contributed by atoms with Gasteiger partial charge in [0.15, 0.2) is 0 Å². The molecule has 0 unspecified atom stereocenters. The normalized spacial score (nSPS) is 9.11. The average Bonchev–Trinajstić information content (AvgIpc) is 1.89. The molecule has 0 bridgehead atoms. The van der Waals surface area contributed by atoms with Gasteiger partial charge in [0.1, 0.15) is 0 Å². The van der Waals surface area contributed by atoms with Crippen LogP contribution in [0.3, 0.4) is 0 Å². The Hall–Kier alpha value is 0.130. The van der Waals surface area contributed by atoms with E-state index < -0.39 is 0 Å². The molecular formula is C4H10N2OS2. The Bertz CT molecular complexity index is 88.6. The summed E-state index contributed by atoms with van der Waals surface area (Å²) >= 11 is 0. The minimum Gasteiger partial charge on any atom is -0.359 e. The molecule has 0 aromatic carbocycles. The number of carbonyl (C=O) groups excluding carboxylic acids is 1. The van der Waals surface area contributed by atoms with E-state index in [4.69, 9.17) is 5.14 Å². The van der Waals surface area contributed by atoms with Gasteiger partial charge in [-0.15, -0.1) is 0 Å². The van der Waals surface area contributed by atoms with E-state index in [1.807, 2.05) is 0 Å². The molecule has 0 heterocycles. The fourth-order valence-corrected chi connectivity index (χ4v) is 1.21. The van der Waals surface area contributed by atoms with Crippen LogP contribution in [0.5, 0.6) is 0 Å². The summed E-state index contributed by atoms with van der Waals surface area (Å²) in [6.07, 6.45) is 0.547. The summed E-state index contributed by atoms with van der Waals surface area (Å²) in [6.45, 7) is 0. The first-order valence-electron chi connectivity index (χ1n) is 2.50. The van der Waals surface area contributed by atoms with Gasteiger partial charge in [0, 0.05) is 19.2 Å². The van der Waals surface area contributed by atoms with Gasteiger partial charge in [0.05, 0.1) is 0 Å². The third kappa shape index (κ3) is 6.01. The van der Waals surface area contributed by atoms with E-state index >= 15 is 0 Å². The number of hydrogen-bond donors (Lipinski definition) is 2. The lowest BCUT2D eigenvalue weighted by atomic mass is 10.5. The number of nitrogens with one attached hydrogen (secondary N) is 1. The maximum Gasteiger partial charge on any atom is 0.220 e. The second kappa shape index (κ2) is 6.25. The zero-order valence-electron chi connectivity index (χ0n) is 5.22. The second-order valence-corrected chi connectivity index (χ2v) is 3.46. The smallest absolute Gasteiger partial charge is 0.220 e. The Balaban J connectivity index is 2.97. The molecule has 5 heteroatoms. The maximum absolute atomic E-state index is 10.5. The Morgan fingerprint density at radius 3 is 2.89 bits per heavy atom. The third-order valence-electron chi connectivity index (χ3n) is 0.759. The van der Waals surface area contributed by atoms with Crippen molar-refractivity contribution in [1.82, 2.24) is 5.32 Å². The molecule has 1 amide bonds. The van der Waals surface area contributed by atoms with Crippen molar-refractivity contribution in [2.75, 3.05) is 12.8 Å². The van der Waals surface area contributed by atoms with Crippen molar-refractivity contribution in [3.8, 4) is 0 Å². The molecule has 0 radical (unpaired) electrons. The van der Waals surface area contributed by atoms with Gasteiger partial charge in [-0.25, -0.2) is 0 Å². The molecule has 0 atom stereocenters. The zero-order valence-corrected chi connectivity index (χ0v) is 6.85. The molecule has 0 aromatic heterocycles. The minimum atomic E-state index is 0.0663. The van der Waals surface area contributed by atoms with Crippen molar-refractivity contribution in [3.63, 3.8) is 0 Å². The minimum absolute atomic E-state index is 0.0663. The highest BCUT2D eigenvalue weighted by Gasteiger charge is 1.95. The molecule has 9 heavy (non-hydrogen) atoms. The molecule has 0 saturated heterocycles. The van der Waals surface area contributed by atoms with Crippen LogP contribution < -0.4 is 10.5 Å². The van der Waals surface area contributed by atoms with Gasteiger partial charge in [0.25, 0.3) is 0 Å². The lowest BCUT2D eigenvalue weighted by Gasteiger charge is -1.95. The summed E-state index contributed by atoms with van der Waals surface area (Å²) in [6, 6.07) is 0. The third-order valence-corrected chi connectivity index (χ3v) is 2.17. The molecule has 0 spiro atoms. The van der Waals surface area contributed by atoms with Crippen LogP contribution in [0.1, 0.15) is 6.42 Å². The van der Waals surface area contributed by atoms with Gasteiger partial charge in [0.2, 0.25) is 5.91 Å². The highest BCUT2D eigenvalue weighted by molar-refractivity contribution is 8.75. The van der Waals surface area contributed by atoms with Crippen LogP contribution in [-0.2, 0) is 4.79 Å². The van der Waals surface area contributed by atoms with Crippen LogP contribution in [0.2, 0.25) is 0 Å². The van der Waals surface area contributed by atoms with Crippen LogP contribution in [-0.4, -0.2) is 18.7 Å². The first kappa shape index (κ1) is 9.13. The SMILES string of the molecule is CNC(=O)CCSSN. The summed E-state index contributed by atoms with van der Waals surface area (Å²) in [5.74, 6) is 0.845. The Morgan fingerprint density at radius 2 is 2.44 bits per heavy atom. The molecule has 3 N–H and O–H groups in total. The Morgan fingerprint density at radius 1 is 1.78 bits per heavy atom. The van der Waals surface area contributed by atoms with Crippen molar-refractivity contribution in [2.45, 2.75) is 6.42 Å². The van der Waals surface area contributed by atoms with Gasteiger partial charge in [-0.2, -0.15) is 0 Å². The molecule has 0 fully saturated rings. The predicted molar refractivity (Wildman–Crippen MR) is 42.9 cm³/mol. The van der Waals surface area contributed by atoms with Crippen LogP contribution in [0, 0.1) is 0 Å². The standard InChI is InChI=1S/C4H10N2OS2/c1-6-4(7)2-3-8-9-5/h2-3,5H2,1H3,(H,6,7). The summed E-state index contributed by atoms with van der Waals surface area (Å²) in [5, 5.41) is 7.63. The van der Waals surface area contributed by atoms with Crippen molar-refractivity contribution >= 4 is 27.7 Å². The molecular weight excluding hydrogens is 156 g/mol. The zero-order chi connectivity index (χ0) is 7.11. The molecule has 54 valence electrons. The molecule has 0 rings (SSSR count). The first-order valence-corrected chi connectivity index (χ1v) is 4.88. The molecule has 0 aliphatic heterocycles. The molecule has 3 nitrogen and oxygen atoms in total. The van der Waals surface area contributed by atoms with Gasteiger partial charge >= 0.3 is 0 Å². The average molecular weight is 166 g/mol. The monoisotopic (exact) mass is 166 g/mol. The van der Waals surface area contributed by atoms with E-state index in [9.17, 15) is 4.79 Å². The van der Waals surface area contributed by atoms with Crippen LogP contribution in [0.15, 0.2) is 0 Å². The quantitative estimate of drug-likeness (QED) is 0.360. The number of rotatable bonds is 4. The molecule has 0 aromatic rings. The van der Waals surface area contributed by atoms with E-state index in [-0.39, 0.29) is 5.91 Å². The molecule has 0 saturated carbocycles. The van der Waals surface area contributed by atoms with Crippen LogP contribution in [0.25, 0.3) is 0 Å². The lowest BCUT2D eigenvalue weighted by Crippen LogP contribution is -2.17.